The molecular formula is C21H27NO5S. The van der Waals surface area contributed by atoms with Crippen LogP contribution >= 0.6 is 0 Å². The Labute approximate surface area is 166 Å². The van der Waals surface area contributed by atoms with Crippen LogP contribution in [0.15, 0.2) is 35.2 Å². The number of fused-ring (bicyclic) bond motifs is 1. The van der Waals surface area contributed by atoms with Crippen molar-refractivity contribution >= 4 is 10.0 Å². The van der Waals surface area contributed by atoms with Gasteiger partial charge in [-0.25, -0.2) is 13.1 Å². The molecule has 0 unspecified atom stereocenters. The fraction of sp³-hybridized carbons (Fsp3) is 0.429. The topological polar surface area (TPSA) is 73.9 Å². The van der Waals surface area contributed by atoms with Crippen LogP contribution in [-0.4, -0.2) is 28.2 Å². The Hall–Kier alpha value is -2.25. The van der Waals surface area contributed by atoms with Crippen molar-refractivity contribution in [3.05, 3.63) is 47.0 Å². The Morgan fingerprint density at radius 2 is 1.79 bits per heavy atom. The summed E-state index contributed by atoms with van der Waals surface area (Å²) in [5.74, 6) is 1.98. The second-order valence-electron chi connectivity index (χ2n) is 7.73. The average molecular weight is 406 g/mol. The zero-order valence-electron chi connectivity index (χ0n) is 17.1. The van der Waals surface area contributed by atoms with E-state index in [1.165, 1.54) is 0 Å². The highest BCUT2D eigenvalue weighted by Gasteiger charge is 2.36. The molecule has 2 aromatic carbocycles. The molecule has 0 spiro atoms. The van der Waals surface area contributed by atoms with Gasteiger partial charge in [-0.3, -0.25) is 0 Å². The first-order valence-corrected chi connectivity index (χ1v) is 10.6. The van der Waals surface area contributed by atoms with E-state index in [1.807, 2.05) is 39.0 Å². The smallest absolute Gasteiger partial charge is 0.241 e. The molecule has 6 nitrogen and oxygen atoms in total. The number of rotatable bonds is 5. The Morgan fingerprint density at radius 3 is 2.43 bits per heavy atom. The van der Waals surface area contributed by atoms with Crippen LogP contribution in [0.25, 0.3) is 0 Å². The molecule has 28 heavy (non-hydrogen) atoms. The maximum atomic E-state index is 13.2. The fourth-order valence-corrected chi connectivity index (χ4v) is 5.11. The van der Waals surface area contributed by atoms with Crippen LogP contribution in [0.4, 0.5) is 0 Å². The largest absolute Gasteiger partial charge is 0.497 e. The lowest BCUT2D eigenvalue weighted by molar-refractivity contribution is 0.0700. The highest BCUT2D eigenvalue weighted by atomic mass is 32.2. The van der Waals surface area contributed by atoms with Crippen molar-refractivity contribution in [3.63, 3.8) is 0 Å². The Balaban J connectivity index is 2.02. The predicted octanol–water partition coefficient (Wildman–Crippen LogP) is 3.90. The minimum absolute atomic E-state index is 0.250. The molecule has 1 aliphatic heterocycles. The van der Waals surface area contributed by atoms with Gasteiger partial charge >= 0.3 is 0 Å². The van der Waals surface area contributed by atoms with Gasteiger partial charge in [0.2, 0.25) is 10.0 Å². The van der Waals surface area contributed by atoms with Crippen LogP contribution in [0.5, 0.6) is 17.2 Å². The summed E-state index contributed by atoms with van der Waals surface area (Å²) in [4.78, 5) is 0.250. The van der Waals surface area contributed by atoms with E-state index in [1.54, 1.807) is 33.3 Å². The number of hydrogen-bond acceptors (Lipinski definition) is 5. The van der Waals surface area contributed by atoms with Crippen molar-refractivity contribution in [1.82, 2.24) is 4.72 Å². The number of sulfonamides is 1. The summed E-state index contributed by atoms with van der Waals surface area (Å²) >= 11 is 0. The van der Waals surface area contributed by atoms with Crippen LogP contribution < -0.4 is 18.9 Å². The summed E-state index contributed by atoms with van der Waals surface area (Å²) in [5, 5.41) is 0. The van der Waals surface area contributed by atoms with Gasteiger partial charge in [0.15, 0.2) is 0 Å². The second kappa shape index (κ2) is 7.29. The van der Waals surface area contributed by atoms with Crippen molar-refractivity contribution in [2.45, 2.75) is 50.7 Å². The number of hydrogen-bond donors (Lipinski definition) is 1. The van der Waals surface area contributed by atoms with E-state index >= 15 is 0 Å². The minimum atomic E-state index is -3.75. The molecule has 2 aromatic rings. The van der Waals surface area contributed by atoms with Gasteiger partial charge in [0.1, 0.15) is 22.8 Å². The number of aryl methyl sites for hydroxylation is 2. The lowest BCUT2D eigenvalue weighted by Gasteiger charge is -2.38. The van der Waals surface area contributed by atoms with E-state index in [0.29, 0.717) is 29.2 Å². The molecule has 152 valence electrons. The first-order valence-electron chi connectivity index (χ1n) is 9.11. The van der Waals surface area contributed by atoms with Gasteiger partial charge < -0.3 is 14.2 Å². The minimum Gasteiger partial charge on any atom is -0.497 e. The average Bonchev–Trinajstić information content (AvgIpc) is 2.61. The Bertz CT molecular complexity index is 998. The van der Waals surface area contributed by atoms with E-state index in [9.17, 15) is 8.42 Å². The fourth-order valence-electron chi connectivity index (χ4n) is 3.59. The van der Waals surface area contributed by atoms with Crippen molar-refractivity contribution in [3.8, 4) is 17.2 Å². The highest BCUT2D eigenvalue weighted by molar-refractivity contribution is 7.89. The first-order chi connectivity index (χ1) is 13.1. The zero-order valence-corrected chi connectivity index (χ0v) is 17.9. The molecule has 7 heteroatoms. The Morgan fingerprint density at radius 1 is 1.07 bits per heavy atom. The molecule has 0 aromatic heterocycles. The van der Waals surface area contributed by atoms with Crippen molar-refractivity contribution in [1.29, 1.82) is 0 Å². The van der Waals surface area contributed by atoms with Crippen molar-refractivity contribution in [2.24, 2.45) is 0 Å². The van der Waals surface area contributed by atoms with Gasteiger partial charge in [-0.15, -0.1) is 0 Å². The summed E-state index contributed by atoms with van der Waals surface area (Å²) in [6, 6.07) is 8.41. The molecule has 0 aliphatic carbocycles. The monoisotopic (exact) mass is 405 g/mol. The summed E-state index contributed by atoms with van der Waals surface area (Å²) in [5.41, 5.74) is 1.67. The standard InChI is InChI=1S/C21H27NO5S/c1-13-10-20(14(2)9-19(13)26-6)28(23,24)22-17-12-21(3,4)27-18-8-7-15(25-5)11-16(17)18/h7-11,17,22H,12H2,1-6H3/t17-/m1/s1. The zero-order chi connectivity index (χ0) is 20.7. The van der Waals surface area contributed by atoms with Crippen LogP contribution in [0.1, 0.15) is 43.0 Å². The maximum absolute atomic E-state index is 13.2. The number of benzene rings is 2. The molecule has 0 saturated carbocycles. The van der Waals surface area contributed by atoms with Crippen LogP contribution in [0.3, 0.4) is 0 Å². The molecule has 1 aliphatic rings. The van der Waals surface area contributed by atoms with E-state index in [-0.39, 0.29) is 4.90 Å². The summed E-state index contributed by atoms with van der Waals surface area (Å²) in [6.45, 7) is 7.49. The third-order valence-electron chi connectivity index (χ3n) is 4.95. The quantitative estimate of drug-likeness (QED) is 0.817. The highest BCUT2D eigenvalue weighted by Crippen LogP contribution is 2.42. The van der Waals surface area contributed by atoms with E-state index in [0.717, 1.165) is 11.1 Å². The maximum Gasteiger partial charge on any atom is 0.241 e. The van der Waals surface area contributed by atoms with Gasteiger partial charge in [-0.1, -0.05) is 0 Å². The van der Waals surface area contributed by atoms with Gasteiger partial charge in [0, 0.05) is 12.0 Å². The van der Waals surface area contributed by atoms with E-state index in [4.69, 9.17) is 14.2 Å². The number of ether oxygens (including phenoxy) is 3. The van der Waals surface area contributed by atoms with Gasteiger partial charge in [-0.2, -0.15) is 0 Å². The molecule has 3 rings (SSSR count). The molecule has 1 heterocycles. The second-order valence-corrected chi connectivity index (χ2v) is 9.41. The summed E-state index contributed by atoms with van der Waals surface area (Å²) in [6.07, 6.45) is 0.501. The van der Waals surface area contributed by atoms with Gasteiger partial charge in [0.25, 0.3) is 0 Å². The SMILES string of the molecule is COc1ccc2c(c1)[C@H](NS(=O)(=O)c1cc(C)c(OC)cc1C)CC(C)(C)O2. The van der Waals surface area contributed by atoms with E-state index < -0.39 is 21.7 Å². The molecule has 0 fully saturated rings. The third-order valence-corrected chi connectivity index (χ3v) is 6.57. The number of methoxy groups -OCH3 is 2. The molecule has 0 amide bonds. The lowest BCUT2D eigenvalue weighted by atomic mass is 9.90. The molecule has 0 saturated heterocycles. The van der Waals surface area contributed by atoms with Gasteiger partial charge in [0.05, 0.1) is 25.2 Å². The van der Waals surface area contributed by atoms with Gasteiger partial charge in [-0.05, 0) is 69.2 Å². The molecule has 0 radical (unpaired) electrons. The number of nitrogens with one attached hydrogen (secondary N) is 1. The first kappa shape index (κ1) is 20.5. The van der Waals surface area contributed by atoms with Crippen LogP contribution in [0, 0.1) is 13.8 Å². The van der Waals surface area contributed by atoms with Crippen LogP contribution in [0.2, 0.25) is 0 Å². The molecule has 1 N–H and O–H groups in total. The predicted molar refractivity (Wildman–Crippen MR) is 108 cm³/mol. The normalized spacial score (nSPS) is 18.1. The van der Waals surface area contributed by atoms with E-state index in [2.05, 4.69) is 4.72 Å². The summed E-state index contributed by atoms with van der Waals surface area (Å²) < 4.78 is 46.0. The summed E-state index contributed by atoms with van der Waals surface area (Å²) in [7, 11) is -0.599. The third kappa shape index (κ3) is 3.95. The molecule has 1 atom stereocenters. The van der Waals surface area contributed by atoms with Crippen LogP contribution in [-0.2, 0) is 10.0 Å². The molecule has 0 bridgehead atoms. The van der Waals surface area contributed by atoms with Crippen molar-refractivity contribution < 1.29 is 22.6 Å². The Kier molecular flexibility index (Phi) is 5.34. The molecular weight excluding hydrogens is 378 g/mol. The van der Waals surface area contributed by atoms with Crippen molar-refractivity contribution in [2.75, 3.05) is 14.2 Å². The lowest BCUT2D eigenvalue weighted by Crippen LogP contribution is -2.41.